The van der Waals surface area contributed by atoms with Crippen molar-refractivity contribution < 1.29 is 4.39 Å². The quantitative estimate of drug-likeness (QED) is 0.743. The Morgan fingerprint density at radius 1 is 1.30 bits per heavy atom. The first-order valence-corrected chi connectivity index (χ1v) is 7.47. The highest BCUT2D eigenvalue weighted by Crippen LogP contribution is 2.28. The maximum absolute atomic E-state index is 13.3. The Labute approximate surface area is 124 Å². The van der Waals surface area contributed by atoms with E-state index < -0.39 is 0 Å². The summed E-state index contributed by atoms with van der Waals surface area (Å²) in [6, 6.07) is 6.65. The van der Waals surface area contributed by atoms with Gasteiger partial charge in [-0.3, -0.25) is 4.68 Å². The lowest BCUT2D eigenvalue weighted by Gasteiger charge is -2.09. The summed E-state index contributed by atoms with van der Waals surface area (Å²) in [7, 11) is 0. The number of aromatic nitrogens is 2. The second-order valence-electron chi connectivity index (χ2n) is 4.92. The fourth-order valence-electron chi connectivity index (χ4n) is 2.60. The second-order valence-corrected chi connectivity index (χ2v) is 5.57. The molecule has 0 aliphatic rings. The lowest BCUT2D eigenvalue weighted by Crippen LogP contribution is -2.07. The molecule has 0 fully saturated rings. The van der Waals surface area contributed by atoms with Crippen LogP contribution in [-0.4, -0.2) is 9.78 Å². The molecule has 0 aliphatic heterocycles. The predicted octanol–water partition coefficient (Wildman–Crippen LogP) is 4.50. The Bertz CT molecular complexity index is 590. The van der Waals surface area contributed by atoms with Crippen LogP contribution in [0.1, 0.15) is 48.7 Å². The van der Waals surface area contributed by atoms with Gasteiger partial charge in [0.05, 0.1) is 17.6 Å². The number of rotatable bonds is 5. The highest BCUT2D eigenvalue weighted by Gasteiger charge is 2.19. The summed E-state index contributed by atoms with van der Waals surface area (Å²) < 4.78 is 15.2. The van der Waals surface area contributed by atoms with Crippen LogP contribution in [0.3, 0.4) is 0 Å². The van der Waals surface area contributed by atoms with Crippen LogP contribution in [0, 0.1) is 5.82 Å². The molecule has 0 amide bonds. The van der Waals surface area contributed by atoms with Crippen molar-refractivity contribution in [2.45, 2.75) is 45.5 Å². The molecule has 1 aromatic heterocycles. The van der Waals surface area contributed by atoms with E-state index in [4.69, 9.17) is 11.6 Å². The monoisotopic (exact) mass is 294 g/mol. The van der Waals surface area contributed by atoms with Crippen LogP contribution in [0.2, 0.25) is 0 Å². The Balaban J connectivity index is 2.41. The fraction of sp³-hybridized carbons (Fsp3) is 0.438. The van der Waals surface area contributed by atoms with Gasteiger partial charge in [0.2, 0.25) is 0 Å². The summed E-state index contributed by atoms with van der Waals surface area (Å²) in [5.74, 6) is -0.214. The normalized spacial score (nSPS) is 12.7. The number of benzene rings is 1. The molecule has 2 rings (SSSR count). The SMILES string of the molecule is CCc1nn(Cc2cccc(F)c2)c(CC)c1C(C)Cl. The van der Waals surface area contributed by atoms with Crippen molar-refractivity contribution in [3.8, 4) is 0 Å². The zero-order valence-electron chi connectivity index (χ0n) is 12.2. The molecule has 20 heavy (non-hydrogen) atoms. The summed E-state index contributed by atoms with van der Waals surface area (Å²) in [6.07, 6.45) is 1.73. The third-order valence-electron chi connectivity index (χ3n) is 3.46. The molecule has 0 saturated heterocycles. The van der Waals surface area contributed by atoms with Crippen LogP contribution < -0.4 is 0 Å². The molecule has 0 N–H and O–H groups in total. The van der Waals surface area contributed by atoms with E-state index in [0.717, 1.165) is 35.4 Å². The molecular formula is C16H20ClFN2. The number of hydrogen-bond donors (Lipinski definition) is 0. The molecule has 1 unspecified atom stereocenters. The van der Waals surface area contributed by atoms with Gasteiger partial charge in [-0.25, -0.2) is 4.39 Å². The minimum atomic E-state index is -0.214. The van der Waals surface area contributed by atoms with Crippen LogP contribution in [0.4, 0.5) is 4.39 Å². The molecule has 1 aromatic carbocycles. The van der Waals surface area contributed by atoms with Crippen molar-refractivity contribution in [1.29, 1.82) is 0 Å². The van der Waals surface area contributed by atoms with E-state index in [1.807, 2.05) is 17.7 Å². The van der Waals surface area contributed by atoms with E-state index in [1.54, 1.807) is 12.1 Å². The Morgan fingerprint density at radius 3 is 2.60 bits per heavy atom. The average molecular weight is 295 g/mol. The molecular weight excluding hydrogens is 275 g/mol. The number of alkyl halides is 1. The van der Waals surface area contributed by atoms with E-state index in [2.05, 4.69) is 18.9 Å². The first kappa shape index (κ1) is 15.0. The Hall–Kier alpha value is -1.35. The number of nitrogens with zero attached hydrogens (tertiary/aromatic N) is 2. The largest absolute Gasteiger partial charge is 0.265 e. The van der Waals surface area contributed by atoms with Gasteiger partial charge in [0.25, 0.3) is 0 Å². The maximum atomic E-state index is 13.3. The van der Waals surface area contributed by atoms with Gasteiger partial charge in [-0.1, -0.05) is 26.0 Å². The highest BCUT2D eigenvalue weighted by molar-refractivity contribution is 6.20. The van der Waals surface area contributed by atoms with Crippen molar-refractivity contribution >= 4 is 11.6 Å². The molecule has 1 atom stereocenters. The molecule has 0 radical (unpaired) electrons. The number of aryl methyl sites for hydroxylation is 1. The number of halogens is 2. The third kappa shape index (κ3) is 3.04. The molecule has 2 aromatic rings. The molecule has 0 bridgehead atoms. The van der Waals surface area contributed by atoms with E-state index in [9.17, 15) is 4.39 Å². The van der Waals surface area contributed by atoms with Gasteiger partial charge < -0.3 is 0 Å². The molecule has 2 nitrogen and oxygen atoms in total. The summed E-state index contributed by atoms with van der Waals surface area (Å²) in [5, 5.41) is 4.60. The molecule has 1 heterocycles. The van der Waals surface area contributed by atoms with E-state index in [-0.39, 0.29) is 11.2 Å². The zero-order valence-corrected chi connectivity index (χ0v) is 12.9. The molecule has 0 aliphatic carbocycles. The lowest BCUT2D eigenvalue weighted by molar-refractivity contribution is 0.611. The van der Waals surface area contributed by atoms with Crippen molar-refractivity contribution in [2.75, 3.05) is 0 Å². The standard InChI is InChI=1S/C16H20ClFN2/c1-4-14-16(11(3)17)15(5-2)20(19-14)10-12-7-6-8-13(18)9-12/h6-9,11H,4-5,10H2,1-3H3. The van der Waals surface area contributed by atoms with Gasteiger partial charge in [0.15, 0.2) is 0 Å². The van der Waals surface area contributed by atoms with E-state index >= 15 is 0 Å². The first-order chi connectivity index (χ1) is 9.56. The zero-order chi connectivity index (χ0) is 14.7. The summed E-state index contributed by atoms with van der Waals surface area (Å²) in [6.45, 7) is 6.74. The molecule has 4 heteroatoms. The first-order valence-electron chi connectivity index (χ1n) is 7.03. The Kier molecular flexibility index (Phi) is 4.81. The molecule has 0 saturated carbocycles. The van der Waals surface area contributed by atoms with Crippen LogP contribution in [0.5, 0.6) is 0 Å². The summed E-state index contributed by atoms with van der Waals surface area (Å²) in [4.78, 5) is 0. The van der Waals surface area contributed by atoms with E-state index in [0.29, 0.717) is 6.54 Å². The van der Waals surface area contributed by atoms with Crippen molar-refractivity contribution in [1.82, 2.24) is 9.78 Å². The van der Waals surface area contributed by atoms with Crippen molar-refractivity contribution in [2.24, 2.45) is 0 Å². The third-order valence-corrected chi connectivity index (χ3v) is 3.68. The van der Waals surface area contributed by atoms with Crippen LogP contribution in [-0.2, 0) is 19.4 Å². The van der Waals surface area contributed by atoms with Crippen molar-refractivity contribution in [3.05, 3.63) is 52.6 Å². The van der Waals surface area contributed by atoms with Gasteiger partial charge in [0, 0.05) is 11.3 Å². The minimum Gasteiger partial charge on any atom is -0.265 e. The molecule has 108 valence electrons. The molecule has 0 spiro atoms. The van der Waals surface area contributed by atoms with Gasteiger partial charge in [0.1, 0.15) is 5.82 Å². The van der Waals surface area contributed by atoms with Crippen molar-refractivity contribution in [3.63, 3.8) is 0 Å². The summed E-state index contributed by atoms with van der Waals surface area (Å²) >= 11 is 6.30. The second kappa shape index (κ2) is 6.40. The topological polar surface area (TPSA) is 17.8 Å². The maximum Gasteiger partial charge on any atom is 0.123 e. The van der Waals surface area contributed by atoms with Gasteiger partial charge >= 0.3 is 0 Å². The highest BCUT2D eigenvalue weighted by atomic mass is 35.5. The van der Waals surface area contributed by atoms with Crippen LogP contribution in [0.25, 0.3) is 0 Å². The Morgan fingerprint density at radius 2 is 2.05 bits per heavy atom. The predicted molar refractivity (Wildman–Crippen MR) is 80.8 cm³/mol. The smallest absolute Gasteiger partial charge is 0.123 e. The van der Waals surface area contributed by atoms with Gasteiger partial charge in [-0.05, 0) is 37.5 Å². The van der Waals surface area contributed by atoms with Gasteiger partial charge in [-0.15, -0.1) is 11.6 Å². The van der Waals surface area contributed by atoms with Crippen LogP contribution >= 0.6 is 11.6 Å². The average Bonchev–Trinajstić information content (AvgIpc) is 2.76. The number of hydrogen-bond acceptors (Lipinski definition) is 1. The lowest BCUT2D eigenvalue weighted by atomic mass is 10.1. The van der Waals surface area contributed by atoms with Crippen LogP contribution in [0.15, 0.2) is 24.3 Å². The minimum absolute atomic E-state index is 0.0545. The fourth-order valence-corrected chi connectivity index (χ4v) is 2.85. The van der Waals surface area contributed by atoms with E-state index in [1.165, 1.54) is 6.07 Å². The summed E-state index contributed by atoms with van der Waals surface area (Å²) in [5.41, 5.74) is 4.24. The van der Waals surface area contributed by atoms with Gasteiger partial charge in [-0.2, -0.15) is 5.10 Å².